The summed E-state index contributed by atoms with van der Waals surface area (Å²) in [6, 6.07) is 6.75. The monoisotopic (exact) mass is 622 g/mol. The molecule has 2 aromatic carbocycles. The van der Waals surface area contributed by atoms with Gasteiger partial charge in [0, 0.05) is 62.6 Å². The molecule has 42 heavy (non-hydrogen) atoms. The Labute approximate surface area is 257 Å². The second-order valence-corrected chi connectivity index (χ2v) is 13.5. The molecular weight excluding hydrogens is 583 g/mol. The lowest BCUT2D eigenvalue weighted by Crippen LogP contribution is -2.49. The van der Waals surface area contributed by atoms with E-state index in [9.17, 15) is 19.8 Å². The van der Waals surface area contributed by atoms with Crippen molar-refractivity contribution in [2.75, 3.05) is 33.3 Å². The Morgan fingerprint density at radius 2 is 1.76 bits per heavy atom. The fourth-order valence-corrected chi connectivity index (χ4v) is 5.82. The van der Waals surface area contributed by atoms with Gasteiger partial charge < -0.3 is 34.6 Å². The molecular formula is C31H40Cl2N2O7. The number of rotatable bonds is 9. The number of benzene rings is 2. The molecule has 0 aromatic heterocycles. The molecule has 11 heteroatoms. The number of hydrogen-bond acceptors (Lipinski definition) is 7. The molecule has 0 saturated carbocycles. The molecule has 0 radical (unpaired) electrons. The highest BCUT2D eigenvalue weighted by molar-refractivity contribution is 6.32. The topological polar surface area (TPSA) is 118 Å². The first-order chi connectivity index (χ1) is 19.5. The summed E-state index contributed by atoms with van der Waals surface area (Å²) in [5.41, 5.74) is 0.478. The van der Waals surface area contributed by atoms with Crippen molar-refractivity contribution in [3.8, 4) is 17.2 Å². The number of piperidine rings is 1. The summed E-state index contributed by atoms with van der Waals surface area (Å²) in [4.78, 5) is 26.2. The van der Waals surface area contributed by atoms with Crippen molar-refractivity contribution in [2.24, 2.45) is 0 Å². The van der Waals surface area contributed by atoms with E-state index in [1.165, 1.54) is 33.0 Å². The maximum Gasteiger partial charge on any atom is 0.347 e. The normalized spacial score (nSPS) is 17.4. The van der Waals surface area contributed by atoms with Crippen LogP contribution < -0.4 is 19.5 Å². The number of β-amino-alcohol motifs (C(OH)–C–C–N with tert-alkyl or cyclic N) is 1. The molecule has 2 aliphatic rings. The molecule has 2 heterocycles. The average Bonchev–Trinajstić information content (AvgIpc) is 3.25. The second-order valence-electron chi connectivity index (χ2n) is 12.7. The van der Waals surface area contributed by atoms with Crippen LogP contribution >= 0.6 is 23.2 Å². The highest BCUT2D eigenvalue weighted by Gasteiger charge is 2.44. The van der Waals surface area contributed by atoms with Crippen molar-refractivity contribution in [3.05, 3.63) is 51.0 Å². The number of likely N-dealkylation sites (tertiary alicyclic amines) is 1. The number of amides is 1. The van der Waals surface area contributed by atoms with Crippen molar-refractivity contribution < 1.29 is 34.0 Å². The number of halogens is 2. The molecule has 3 N–H and O–H groups in total. The summed E-state index contributed by atoms with van der Waals surface area (Å²) in [5.74, 6) is -0.493. The molecule has 1 spiro atoms. The van der Waals surface area contributed by atoms with E-state index in [0.717, 1.165) is 54.3 Å². The summed E-state index contributed by atoms with van der Waals surface area (Å²) in [7, 11) is 1.47. The fourth-order valence-electron chi connectivity index (χ4n) is 5.38. The number of hydrogen-bond donors (Lipinski definition) is 3. The quantitative estimate of drug-likeness (QED) is 0.353. The minimum Gasteiger partial charge on any atom is -0.490 e. The second kappa shape index (κ2) is 12.1. The summed E-state index contributed by atoms with van der Waals surface area (Å²) >= 11 is 12.7. The SMILES string of the molecule is CNC(=O)c1cc(Cl)c(OC(C)(C)C(=O)O)cc1OC[C@@H](O)CN1CCC2(CC1)Cc1cc(Cl)cc(C(C)(C)C)c1O2. The number of nitrogens with one attached hydrogen (secondary N) is 1. The standard InChI is InChI=1S/C31H40Cl2N2O7/c1-29(2,3)22-12-19(32)11-18-15-31(42-26(18)22)7-9-35(10-8-31)16-20(36)17-40-24-14-25(41-30(4,5)28(38)39)23(33)13-21(24)27(37)34-6/h11-14,20,36H,7-10,15-17H2,1-6H3,(H,34,37)(H,38,39)/t20-/m0/s1. The van der Waals surface area contributed by atoms with E-state index >= 15 is 0 Å². The van der Waals surface area contributed by atoms with Gasteiger partial charge in [0.25, 0.3) is 5.91 Å². The zero-order chi connectivity index (χ0) is 31.0. The molecule has 1 fully saturated rings. The predicted octanol–water partition coefficient (Wildman–Crippen LogP) is 5.10. The lowest BCUT2D eigenvalue weighted by atomic mass is 9.84. The Morgan fingerprint density at radius 1 is 1.10 bits per heavy atom. The maximum absolute atomic E-state index is 12.5. The number of carbonyl (C=O) groups is 2. The summed E-state index contributed by atoms with van der Waals surface area (Å²) in [6.45, 7) is 11.0. The third kappa shape index (κ3) is 7.08. The highest BCUT2D eigenvalue weighted by Crippen LogP contribution is 2.47. The molecule has 1 amide bonds. The molecule has 2 aromatic rings. The summed E-state index contributed by atoms with van der Waals surface area (Å²) < 4.78 is 18.1. The van der Waals surface area contributed by atoms with Gasteiger partial charge in [0.2, 0.25) is 0 Å². The van der Waals surface area contributed by atoms with Gasteiger partial charge in [-0.25, -0.2) is 4.79 Å². The fraction of sp³-hybridized carbons (Fsp3) is 0.548. The molecule has 1 saturated heterocycles. The Morgan fingerprint density at radius 3 is 2.36 bits per heavy atom. The van der Waals surface area contributed by atoms with Gasteiger partial charge in [0.05, 0.1) is 10.6 Å². The van der Waals surface area contributed by atoms with E-state index in [-0.39, 0.29) is 39.7 Å². The van der Waals surface area contributed by atoms with Crippen LogP contribution in [0, 0.1) is 0 Å². The number of ether oxygens (including phenoxy) is 3. The Kier molecular flexibility index (Phi) is 9.28. The lowest BCUT2D eigenvalue weighted by molar-refractivity contribution is -0.152. The molecule has 4 rings (SSSR count). The zero-order valence-electron chi connectivity index (χ0n) is 25.0. The molecule has 2 aliphatic heterocycles. The lowest BCUT2D eigenvalue weighted by Gasteiger charge is -2.39. The molecule has 0 bridgehead atoms. The van der Waals surface area contributed by atoms with Crippen molar-refractivity contribution in [1.82, 2.24) is 10.2 Å². The minimum atomic E-state index is -1.56. The van der Waals surface area contributed by atoms with Crippen LogP contribution in [0.3, 0.4) is 0 Å². The molecule has 230 valence electrons. The number of carboxylic acids is 1. The largest absolute Gasteiger partial charge is 0.490 e. The number of aliphatic hydroxyl groups is 1. The van der Waals surface area contributed by atoms with E-state index in [2.05, 4.69) is 31.0 Å². The van der Waals surface area contributed by atoms with Gasteiger partial charge in [-0.2, -0.15) is 0 Å². The van der Waals surface area contributed by atoms with Crippen molar-refractivity contribution in [1.29, 1.82) is 0 Å². The molecule has 9 nitrogen and oxygen atoms in total. The average molecular weight is 624 g/mol. The van der Waals surface area contributed by atoms with Crippen LogP contribution in [0.25, 0.3) is 0 Å². The van der Waals surface area contributed by atoms with Crippen molar-refractivity contribution in [3.63, 3.8) is 0 Å². The number of nitrogens with zero attached hydrogens (tertiary/aromatic N) is 1. The van der Waals surface area contributed by atoms with Gasteiger partial charge in [0.15, 0.2) is 5.60 Å². The van der Waals surface area contributed by atoms with E-state index in [4.69, 9.17) is 37.4 Å². The maximum atomic E-state index is 12.5. The first-order valence-corrected chi connectivity index (χ1v) is 14.8. The number of aliphatic carboxylic acids is 1. The Balaban J connectivity index is 1.38. The summed E-state index contributed by atoms with van der Waals surface area (Å²) in [5, 5.41) is 23.6. The third-order valence-corrected chi connectivity index (χ3v) is 8.34. The van der Waals surface area contributed by atoms with Gasteiger partial charge >= 0.3 is 5.97 Å². The van der Waals surface area contributed by atoms with Crippen LogP contribution in [-0.4, -0.2) is 77.6 Å². The van der Waals surface area contributed by atoms with Crippen molar-refractivity contribution in [2.45, 2.75) is 76.6 Å². The van der Waals surface area contributed by atoms with E-state index in [1.807, 2.05) is 12.1 Å². The van der Waals surface area contributed by atoms with E-state index in [0.29, 0.717) is 6.54 Å². The van der Waals surface area contributed by atoms with E-state index in [1.54, 1.807) is 0 Å². The van der Waals surface area contributed by atoms with Crippen LogP contribution in [0.4, 0.5) is 0 Å². The van der Waals surface area contributed by atoms with Crippen LogP contribution in [0.1, 0.15) is 68.9 Å². The predicted molar refractivity (Wildman–Crippen MR) is 162 cm³/mol. The van der Waals surface area contributed by atoms with Crippen LogP contribution in [-0.2, 0) is 16.6 Å². The smallest absolute Gasteiger partial charge is 0.347 e. The zero-order valence-corrected chi connectivity index (χ0v) is 26.5. The minimum absolute atomic E-state index is 0.0519. The molecule has 1 atom stereocenters. The van der Waals surface area contributed by atoms with Crippen LogP contribution in [0.5, 0.6) is 17.2 Å². The van der Waals surface area contributed by atoms with Gasteiger partial charge in [0.1, 0.15) is 35.6 Å². The van der Waals surface area contributed by atoms with Gasteiger partial charge in [-0.05, 0) is 43.0 Å². The number of aliphatic hydroxyl groups excluding tert-OH is 1. The van der Waals surface area contributed by atoms with E-state index < -0.39 is 23.6 Å². The molecule has 0 aliphatic carbocycles. The number of fused-ring (bicyclic) bond motifs is 1. The van der Waals surface area contributed by atoms with Gasteiger partial charge in [-0.3, -0.25) is 4.79 Å². The number of carboxylic acid groups (broad SMARTS) is 1. The van der Waals surface area contributed by atoms with Crippen LogP contribution in [0.15, 0.2) is 24.3 Å². The molecule has 0 unspecified atom stereocenters. The third-order valence-electron chi connectivity index (χ3n) is 7.82. The first-order valence-electron chi connectivity index (χ1n) is 14.1. The van der Waals surface area contributed by atoms with Gasteiger partial charge in [-0.1, -0.05) is 44.0 Å². The first kappa shape index (κ1) is 32.2. The highest BCUT2D eigenvalue weighted by atomic mass is 35.5. The Hall–Kier alpha value is -2.72. The number of carbonyl (C=O) groups excluding carboxylic acids is 1. The summed E-state index contributed by atoms with van der Waals surface area (Å²) in [6.07, 6.45) is 1.59. The van der Waals surface area contributed by atoms with Crippen LogP contribution in [0.2, 0.25) is 10.0 Å². The Bertz CT molecular complexity index is 1350. The van der Waals surface area contributed by atoms with Gasteiger partial charge in [-0.15, -0.1) is 0 Å². The van der Waals surface area contributed by atoms with Crippen molar-refractivity contribution >= 4 is 35.1 Å².